The SMILES string of the molecule is C=CN=C(C)C1=C(C)CCCC1.CC.Cc1ccc(C)c(C#N)c1. The third-order valence-corrected chi connectivity index (χ3v) is 3.98. The fourth-order valence-electron chi connectivity index (χ4n) is 2.62. The predicted octanol–water partition coefficient (Wildman–Crippen LogP) is 6.68. The van der Waals surface area contributed by atoms with Crippen LogP contribution in [0.25, 0.3) is 0 Å². The van der Waals surface area contributed by atoms with Gasteiger partial charge in [0.05, 0.1) is 11.6 Å². The molecule has 24 heavy (non-hydrogen) atoms. The molecule has 0 fully saturated rings. The molecule has 1 aliphatic rings. The standard InChI is InChI=1S/C11H17N.C9H9N.C2H6/c1-4-12-10(3)11-8-6-5-7-9(11)2;1-7-3-4-8(2)9(5-7)6-10;1-2/h4H,1,5-8H2,2-3H3;3-5H,1-2H3;1-2H3. The van der Waals surface area contributed by atoms with Crippen molar-refractivity contribution in [2.24, 2.45) is 4.99 Å². The maximum Gasteiger partial charge on any atom is 0.0994 e. The summed E-state index contributed by atoms with van der Waals surface area (Å²) in [5, 5.41) is 8.59. The number of benzene rings is 1. The molecule has 0 saturated heterocycles. The summed E-state index contributed by atoms with van der Waals surface area (Å²) in [6.45, 7) is 15.8. The van der Waals surface area contributed by atoms with E-state index in [-0.39, 0.29) is 0 Å². The van der Waals surface area contributed by atoms with Gasteiger partial charge in [-0.25, -0.2) is 0 Å². The quantitative estimate of drug-likeness (QED) is 0.559. The summed E-state index contributed by atoms with van der Waals surface area (Å²) in [5.74, 6) is 0. The highest BCUT2D eigenvalue weighted by Gasteiger charge is 2.10. The predicted molar refractivity (Wildman–Crippen MR) is 106 cm³/mol. The zero-order valence-electron chi connectivity index (χ0n) is 16.2. The van der Waals surface area contributed by atoms with E-state index in [0.29, 0.717) is 0 Å². The molecule has 1 aliphatic carbocycles. The second-order valence-electron chi connectivity index (χ2n) is 5.79. The van der Waals surface area contributed by atoms with Crippen molar-refractivity contribution in [3.8, 4) is 6.07 Å². The second kappa shape index (κ2) is 12.3. The Kier molecular flexibility index (Phi) is 11.2. The van der Waals surface area contributed by atoms with Crippen molar-refractivity contribution < 1.29 is 0 Å². The highest BCUT2D eigenvalue weighted by atomic mass is 14.7. The first kappa shape index (κ1) is 21.9. The number of aliphatic imine (C=N–C) groups is 1. The first-order valence-corrected chi connectivity index (χ1v) is 8.81. The van der Waals surface area contributed by atoms with Crippen LogP contribution in [-0.4, -0.2) is 5.71 Å². The maximum atomic E-state index is 8.59. The Hall–Kier alpha value is -2.14. The van der Waals surface area contributed by atoms with Crippen molar-refractivity contribution in [2.45, 2.75) is 67.2 Å². The minimum Gasteiger partial charge on any atom is -0.262 e. The Labute approximate surface area is 148 Å². The van der Waals surface area contributed by atoms with Crippen LogP contribution < -0.4 is 0 Å². The first-order chi connectivity index (χ1) is 11.5. The van der Waals surface area contributed by atoms with E-state index in [1.807, 2.05) is 45.9 Å². The Bertz CT molecular complexity index is 622. The van der Waals surface area contributed by atoms with Crippen molar-refractivity contribution in [3.05, 3.63) is 58.8 Å². The van der Waals surface area contributed by atoms with E-state index < -0.39 is 0 Å². The van der Waals surface area contributed by atoms with Crippen LogP contribution in [0.1, 0.15) is 70.1 Å². The van der Waals surface area contributed by atoms with Gasteiger partial charge in [-0.3, -0.25) is 4.99 Å². The van der Waals surface area contributed by atoms with Gasteiger partial charge in [-0.2, -0.15) is 5.26 Å². The summed E-state index contributed by atoms with van der Waals surface area (Å²) in [6.07, 6.45) is 6.74. The van der Waals surface area contributed by atoms with Crippen LogP contribution in [0.15, 0.2) is 47.1 Å². The molecule has 1 aromatic carbocycles. The van der Waals surface area contributed by atoms with Gasteiger partial charge in [-0.1, -0.05) is 38.1 Å². The molecule has 0 aromatic heterocycles. The Morgan fingerprint density at radius 3 is 2.29 bits per heavy atom. The van der Waals surface area contributed by atoms with Crippen molar-refractivity contribution in [2.75, 3.05) is 0 Å². The van der Waals surface area contributed by atoms with Gasteiger partial charge in [0.25, 0.3) is 0 Å². The van der Waals surface area contributed by atoms with Gasteiger partial charge in [0.1, 0.15) is 0 Å². The van der Waals surface area contributed by atoms with Gasteiger partial charge in [0.15, 0.2) is 0 Å². The summed E-state index contributed by atoms with van der Waals surface area (Å²) in [4.78, 5) is 4.22. The van der Waals surface area contributed by atoms with Crippen molar-refractivity contribution in [1.82, 2.24) is 0 Å². The Morgan fingerprint density at radius 1 is 1.17 bits per heavy atom. The van der Waals surface area contributed by atoms with E-state index in [0.717, 1.165) is 22.4 Å². The van der Waals surface area contributed by atoms with E-state index >= 15 is 0 Å². The fraction of sp³-hybridized carbons (Fsp3) is 0.455. The van der Waals surface area contributed by atoms with E-state index in [1.165, 1.54) is 36.8 Å². The minimum absolute atomic E-state index is 0.778. The van der Waals surface area contributed by atoms with Crippen LogP contribution >= 0.6 is 0 Å². The molecule has 2 nitrogen and oxygen atoms in total. The molecule has 2 rings (SSSR count). The molecule has 0 aliphatic heterocycles. The second-order valence-corrected chi connectivity index (χ2v) is 5.79. The van der Waals surface area contributed by atoms with E-state index in [1.54, 1.807) is 6.20 Å². The molecule has 1 aromatic rings. The van der Waals surface area contributed by atoms with Gasteiger partial charge in [-0.15, -0.1) is 0 Å². The first-order valence-electron chi connectivity index (χ1n) is 8.81. The lowest BCUT2D eigenvalue weighted by Crippen LogP contribution is -2.05. The molecule has 0 unspecified atom stereocenters. The molecule has 0 atom stereocenters. The topological polar surface area (TPSA) is 36.1 Å². The highest BCUT2D eigenvalue weighted by Crippen LogP contribution is 2.25. The summed E-state index contributed by atoms with van der Waals surface area (Å²) in [6, 6.07) is 8.01. The van der Waals surface area contributed by atoms with Gasteiger partial charge in [0, 0.05) is 11.9 Å². The average molecular weight is 325 g/mol. The number of nitriles is 1. The molecule has 0 amide bonds. The van der Waals surface area contributed by atoms with E-state index in [2.05, 4.69) is 31.5 Å². The molecule has 0 spiro atoms. The lowest BCUT2D eigenvalue weighted by atomic mass is 9.90. The summed E-state index contributed by atoms with van der Waals surface area (Å²) >= 11 is 0. The van der Waals surface area contributed by atoms with Crippen LogP contribution in [-0.2, 0) is 0 Å². The van der Waals surface area contributed by atoms with Crippen LogP contribution in [0.4, 0.5) is 0 Å². The minimum atomic E-state index is 0.778. The van der Waals surface area contributed by atoms with Crippen LogP contribution in [0, 0.1) is 25.2 Å². The van der Waals surface area contributed by atoms with Gasteiger partial charge >= 0.3 is 0 Å². The van der Waals surface area contributed by atoms with Crippen LogP contribution in [0.5, 0.6) is 0 Å². The monoisotopic (exact) mass is 324 g/mol. The molecule has 0 radical (unpaired) electrons. The largest absolute Gasteiger partial charge is 0.262 e. The van der Waals surface area contributed by atoms with Gasteiger partial charge < -0.3 is 0 Å². The van der Waals surface area contributed by atoms with Crippen molar-refractivity contribution >= 4 is 5.71 Å². The molecular weight excluding hydrogens is 292 g/mol. The maximum absolute atomic E-state index is 8.59. The van der Waals surface area contributed by atoms with Crippen LogP contribution in [0.3, 0.4) is 0 Å². The average Bonchev–Trinajstić information content (AvgIpc) is 2.60. The highest BCUT2D eigenvalue weighted by molar-refractivity contribution is 5.99. The lowest BCUT2D eigenvalue weighted by Gasteiger charge is -2.16. The molecular formula is C22H32N2. The normalized spacial score (nSPS) is 13.8. The fourth-order valence-corrected chi connectivity index (χ4v) is 2.62. The number of nitrogens with zero attached hydrogens (tertiary/aromatic N) is 2. The van der Waals surface area contributed by atoms with Gasteiger partial charge in [-0.05, 0) is 76.1 Å². The van der Waals surface area contributed by atoms with Crippen molar-refractivity contribution in [1.29, 1.82) is 5.26 Å². The van der Waals surface area contributed by atoms with E-state index in [9.17, 15) is 0 Å². The lowest BCUT2D eigenvalue weighted by molar-refractivity contribution is 0.688. The number of rotatable bonds is 2. The molecule has 0 saturated carbocycles. The number of aryl methyl sites for hydroxylation is 2. The number of hydrogen-bond donors (Lipinski definition) is 0. The zero-order valence-corrected chi connectivity index (χ0v) is 16.2. The number of hydrogen-bond acceptors (Lipinski definition) is 2. The molecule has 0 N–H and O–H groups in total. The number of allylic oxidation sites excluding steroid dienone is 2. The van der Waals surface area contributed by atoms with Crippen molar-refractivity contribution in [3.63, 3.8) is 0 Å². The smallest absolute Gasteiger partial charge is 0.0994 e. The third kappa shape index (κ3) is 7.42. The molecule has 0 heterocycles. The van der Waals surface area contributed by atoms with Gasteiger partial charge in [0.2, 0.25) is 0 Å². The zero-order chi connectivity index (χ0) is 18.5. The molecule has 130 valence electrons. The molecule has 0 bridgehead atoms. The van der Waals surface area contributed by atoms with E-state index in [4.69, 9.17) is 5.26 Å². The summed E-state index contributed by atoms with van der Waals surface area (Å²) in [7, 11) is 0. The Balaban J connectivity index is 0.000000405. The summed E-state index contributed by atoms with van der Waals surface area (Å²) in [5.41, 5.74) is 7.10. The Morgan fingerprint density at radius 2 is 1.79 bits per heavy atom. The third-order valence-electron chi connectivity index (χ3n) is 3.98. The van der Waals surface area contributed by atoms with Crippen LogP contribution in [0.2, 0.25) is 0 Å². The molecule has 2 heteroatoms. The summed E-state index contributed by atoms with van der Waals surface area (Å²) < 4.78 is 0.